The summed E-state index contributed by atoms with van der Waals surface area (Å²) >= 11 is 3.22. The molecule has 1 aromatic carbocycles. The molecule has 0 amide bonds. The van der Waals surface area contributed by atoms with Crippen LogP contribution in [0.15, 0.2) is 29.3 Å². The van der Waals surface area contributed by atoms with Crippen molar-refractivity contribution in [1.82, 2.24) is 0 Å². The minimum atomic E-state index is -1.14. The van der Waals surface area contributed by atoms with E-state index in [4.69, 9.17) is 10.7 Å². The van der Waals surface area contributed by atoms with Gasteiger partial charge >= 0.3 is 0 Å². The van der Waals surface area contributed by atoms with E-state index in [1.807, 2.05) is 0 Å². The number of nitrogens with two attached hydrogens (primary N) is 1. The zero-order valence-electron chi connectivity index (χ0n) is 14.8. The van der Waals surface area contributed by atoms with Crippen LogP contribution in [0.3, 0.4) is 0 Å². The second-order valence-electron chi connectivity index (χ2n) is 6.60. The molecule has 1 aliphatic carbocycles. The van der Waals surface area contributed by atoms with Crippen molar-refractivity contribution in [1.29, 1.82) is 10.5 Å². The van der Waals surface area contributed by atoms with Gasteiger partial charge in [0.25, 0.3) is 0 Å². The minimum absolute atomic E-state index is 0.239. The molecule has 4 nitrogen and oxygen atoms in total. The molecule has 2 aliphatic rings. The molecule has 26 heavy (non-hydrogen) atoms. The van der Waals surface area contributed by atoms with Crippen LogP contribution in [0.4, 0.5) is 4.39 Å². The van der Waals surface area contributed by atoms with E-state index in [2.05, 4.69) is 26.0 Å². The Morgan fingerprint density at radius 3 is 2.15 bits per heavy atom. The third-order valence-electron chi connectivity index (χ3n) is 5.13. The summed E-state index contributed by atoms with van der Waals surface area (Å²) in [7, 11) is 0. The molecule has 136 valence electrons. The third kappa shape index (κ3) is 2.23. The highest BCUT2D eigenvalue weighted by atomic mass is 32.2. The maximum atomic E-state index is 13.4. The zero-order valence-corrected chi connectivity index (χ0v) is 16.5. The average Bonchev–Trinajstić information content (AvgIpc) is 3.23. The van der Waals surface area contributed by atoms with Gasteiger partial charge in [-0.1, -0.05) is 26.0 Å². The lowest BCUT2D eigenvalue weighted by atomic mass is 9.97. The highest BCUT2D eigenvalue weighted by molar-refractivity contribution is 8.18. The first-order chi connectivity index (χ1) is 12.5. The van der Waals surface area contributed by atoms with Crippen molar-refractivity contribution in [2.75, 3.05) is 11.5 Å². The summed E-state index contributed by atoms with van der Waals surface area (Å²) in [6.07, 6.45) is 1.88. The Kier molecular flexibility index (Phi) is 4.98. The van der Waals surface area contributed by atoms with Crippen molar-refractivity contribution in [2.45, 2.75) is 36.8 Å². The van der Waals surface area contributed by atoms with E-state index in [-0.39, 0.29) is 11.7 Å². The molecule has 1 fully saturated rings. The van der Waals surface area contributed by atoms with Crippen LogP contribution >= 0.6 is 23.5 Å². The lowest BCUT2D eigenvalue weighted by molar-refractivity contribution is 0.562. The van der Waals surface area contributed by atoms with Crippen molar-refractivity contribution in [3.8, 4) is 12.1 Å². The van der Waals surface area contributed by atoms with E-state index < -0.39 is 21.0 Å². The zero-order chi connectivity index (χ0) is 19.0. The summed E-state index contributed by atoms with van der Waals surface area (Å²) in [5, 5.41) is 20.3. The van der Waals surface area contributed by atoms with E-state index in [0.29, 0.717) is 0 Å². The topological polar surface area (TPSA) is 86.0 Å². The molecule has 0 radical (unpaired) electrons. The van der Waals surface area contributed by atoms with E-state index in [1.165, 1.54) is 12.1 Å². The van der Waals surface area contributed by atoms with Crippen molar-refractivity contribution in [2.24, 2.45) is 21.6 Å². The van der Waals surface area contributed by atoms with Crippen molar-refractivity contribution in [3.05, 3.63) is 35.6 Å². The van der Waals surface area contributed by atoms with Gasteiger partial charge in [0.1, 0.15) is 22.5 Å². The van der Waals surface area contributed by atoms with Gasteiger partial charge in [-0.3, -0.25) is 0 Å². The Hall–Kier alpha value is -1.70. The molecule has 0 aromatic heterocycles. The number of aliphatic imine (C=N–C) groups is 1. The number of hydrogen-bond donors (Lipinski definition) is 1. The van der Waals surface area contributed by atoms with Crippen LogP contribution in [-0.2, 0) is 0 Å². The van der Waals surface area contributed by atoms with Gasteiger partial charge in [-0.25, -0.2) is 9.38 Å². The van der Waals surface area contributed by atoms with Crippen molar-refractivity contribution in [3.63, 3.8) is 0 Å². The van der Waals surface area contributed by atoms with Gasteiger partial charge in [-0.15, -0.1) is 23.5 Å². The summed E-state index contributed by atoms with van der Waals surface area (Å²) in [5.74, 6) is 1.16. The largest absolute Gasteiger partial charge is 0.386 e. The number of hydrogen-bond acceptors (Lipinski definition) is 6. The fourth-order valence-electron chi connectivity index (χ4n) is 3.99. The van der Waals surface area contributed by atoms with Gasteiger partial charge in [0.05, 0.1) is 12.1 Å². The average molecular weight is 389 g/mol. The number of thioether (sulfide) groups is 2. The Bertz CT molecular complexity index is 802. The first kappa shape index (κ1) is 19.1. The van der Waals surface area contributed by atoms with Gasteiger partial charge < -0.3 is 5.73 Å². The standard InChI is InChI=1S/C19H21FN4S2/c1-3-9-25-19(26-10-4-2)18(12-22)15(13-5-7-14(20)8-6-13)17(18,11-21)16(23)24-19/h5-8,15H,3-4,9-10H2,1-2H3,(H2,23,24). The second kappa shape index (κ2) is 6.79. The highest BCUT2D eigenvalue weighted by Gasteiger charge is 2.91. The van der Waals surface area contributed by atoms with Crippen molar-refractivity contribution >= 4 is 29.4 Å². The van der Waals surface area contributed by atoms with Crippen LogP contribution in [0.5, 0.6) is 0 Å². The molecule has 1 aliphatic heterocycles. The van der Waals surface area contributed by atoms with E-state index >= 15 is 0 Å². The van der Waals surface area contributed by atoms with E-state index in [9.17, 15) is 14.9 Å². The number of nitriles is 2. The normalized spacial score (nSPS) is 30.8. The molecular weight excluding hydrogens is 367 g/mol. The molecule has 1 aromatic rings. The lowest BCUT2D eigenvalue weighted by Crippen LogP contribution is -2.32. The summed E-state index contributed by atoms with van der Waals surface area (Å²) in [6.45, 7) is 4.16. The van der Waals surface area contributed by atoms with Gasteiger partial charge in [0.2, 0.25) is 0 Å². The Balaban J connectivity index is 2.15. The summed E-state index contributed by atoms with van der Waals surface area (Å²) in [5.41, 5.74) is 4.88. The molecule has 3 atom stereocenters. The Morgan fingerprint density at radius 1 is 1.12 bits per heavy atom. The smallest absolute Gasteiger partial charge is 0.175 e. The fraction of sp³-hybridized carbons (Fsp3) is 0.526. The quantitative estimate of drug-likeness (QED) is 0.706. The molecule has 1 saturated carbocycles. The Morgan fingerprint density at radius 2 is 1.69 bits per heavy atom. The summed E-state index contributed by atoms with van der Waals surface area (Å²) < 4.78 is 12.6. The van der Waals surface area contributed by atoms with Gasteiger partial charge in [-0.2, -0.15) is 10.5 Å². The molecular formula is C19H21FN4S2. The minimum Gasteiger partial charge on any atom is -0.386 e. The first-order valence-corrected chi connectivity index (χ1v) is 10.7. The van der Waals surface area contributed by atoms with Crippen LogP contribution in [0.25, 0.3) is 0 Å². The number of benzene rings is 1. The van der Waals surface area contributed by atoms with Crippen LogP contribution in [-0.4, -0.2) is 21.5 Å². The Labute approximate surface area is 162 Å². The maximum absolute atomic E-state index is 13.4. The molecule has 0 bridgehead atoms. The predicted octanol–water partition coefficient (Wildman–Crippen LogP) is 4.25. The van der Waals surface area contributed by atoms with Crippen LogP contribution in [0, 0.1) is 39.3 Å². The van der Waals surface area contributed by atoms with E-state index in [0.717, 1.165) is 29.9 Å². The van der Waals surface area contributed by atoms with Gasteiger partial charge in [0, 0.05) is 5.92 Å². The van der Waals surface area contributed by atoms with Crippen LogP contribution in [0.2, 0.25) is 0 Å². The van der Waals surface area contributed by atoms with Crippen molar-refractivity contribution < 1.29 is 4.39 Å². The molecule has 3 unspecified atom stereocenters. The number of nitrogens with zero attached hydrogens (tertiary/aromatic N) is 3. The molecule has 3 rings (SSSR count). The van der Waals surface area contributed by atoms with Crippen LogP contribution < -0.4 is 5.73 Å². The third-order valence-corrected chi connectivity index (χ3v) is 8.68. The van der Waals surface area contributed by atoms with Gasteiger partial charge in [-0.05, 0) is 42.0 Å². The lowest BCUT2D eigenvalue weighted by Gasteiger charge is -2.32. The maximum Gasteiger partial charge on any atom is 0.175 e. The summed E-state index contributed by atoms with van der Waals surface area (Å²) in [4.78, 5) is 4.71. The number of halogens is 1. The molecule has 7 heteroatoms. The second-order valence-corrected chi connectivity index (χ2v) is 9.43. The molecule has 2 N–H and O–H groups in total. The van der Waals surface area contributed by atoms with Gasteiger partial charge in [0.15, 0.2) is 4.20 Å². The number of rotatable bonds is 7. The number of fused-ring (bicyclic) bond motifs is 1. The predicted molar refractivity (Wildman–Crippen MR) is 105 cm³/mol. The summed E-state index contributed by atoms with van der Waals surface area (Å²) in [6, 6.07) is 10.8. The highest BCUT2D eigenvalue weighted by Crippen LogP contribution is 2.85. The fourth-order valence-corrected chi connectivity index (χ4v) is 7.22. The molecule has 1 heterocycles. The SMILES string of the molecule is CCCSC1(SCCC)N=C(N)C2(C#N)C(c3ccc(F)cc3)C12C#N. The number of amidine groups is 1. The van der Waals surface area contributed by atoms with Crippen LogP contribution in [0.1, 0.15) is 38.2 Å². The molecule has 0 saturated heterocycles. The van der Waals surface area contributed by atoms with E-state index in [1.54, 1.807) is 35.7 Å². The first-order valence-electron chi connectivity index (χ1n) is 8.71. The molecule has 0 spiro atoms. The monoisotopic (exact) mass is 388 g/mol.